The first-order valence-corrected chi connectivity index (χ1v) is 10.9. The van der Waals surface area contributed by atoms with Gasteiger partial charge in [0.25, 0.3) is 0 Å². The zero-order chi connectivity index (χ0) is 22.0. The first kappa shape index (κ1) is 21.7. The van der Waals surface area contributed by atoms with Gasteiger partial charge in [0.15, 0.2) is 6.10 Å². The summed E-state index contributed by atoms with van der Waals surface area (Å²) in [5.41, 5.74) is 6.49. The van der Waals surface area contributed by atoms with Crippen LogP contribution in [0.15, 0.2) is 23.8 Å². The summed E-state index contributed by atoms with van der Waals surface area (Å²) in [5.74, 6) is -1.57. The van der Waals surface area contributed by atoms with Gasteiger partial charge < -0.3 is 25.1 Å². The van der Waals surface area contributed by atoms with Crippen molar-refractivity contribution in [3.63, 3.8) is 0 Å². The lowest BCUT2D eigenvalue weighted by Gasteiger charge is -2.45. The summed E-state index contributed by atoms with van der Waals surface area (Å²) in [4.78, 5) is 26.3. The molecule has 30 heavy (non-hydrogen) atoms. The van der Waals surface area contributed by atoms with E-state index < -0.39 is 29.9 Å². The summed E-state index contributed by atoms with van der Waals surface area (Å²) in [7, 11) is 1.47. The molecule has 0 aromatic heterocycles. The Labute approximate surface area is 177 Å². The second kappa shape index (κ2) is 7.55. The Morgan fingerprint density at radius 1 is 1.30 bits per heavy atom. The summed E-state index contributed by atoms with van der Waals surface area (Å²) < 4.78 is 17.9. The summed E-state index contributed by atoms with van der Waals surface area (Å²) in [6, 6.07) is -0.365. The average Bonchev–Trinajstić information content (AvgIpc) is 2.91. The zero-order valence-electron chi connectivity index (χ0n) is 18.3. The Balaban J connectivity index is 1.87. The van der Waals surface area contributed by atoms with Crippen LogP contribution in [0.4, 0.5) is 0 Å². The van der Waals surface area contributed by atoms with E-state index in [9.17, 15) is 14.7 Å². The van der Waals surface area contributed by atoms with Crippen LogP contribution in [0.5, 0.6) is 0 Å². The van der Waals surface area contributed by atoms with Gasteiger partial charge in [0.05, 0.1) is 18.1 Å². The molecule has 1 saturated carbocycles. The van der Waals surface area contributed by atoms with Crippen LogP contribution in [0.25, 0.3) is 0 Å². The predicted octanol–water partition coefficient (Wildman–Crippen LogP) is 1.38. The Morgan fingerprint density at radius 2 is 2.00 bits per heavy atom. The lowest BCUT2D eigenvalue weighted by molar-refractivity contribution is -0.171. The molecule has 1 spiro atoms. The number of aliphatic hydroxyl groups excluding tert-OH is 1. The maximum atomic E-state index is 13.4. The van der Waals surface area contributed by atoms with Crippen LogP contribution >= 0.6 is 0 Å². The van der Waals surface area contributed by atoms with Gasteiger partial charge in [0.2, 0.25) is 0 Å². The lowest BCUT2D eigenvalue weighted by Crippen LogP contribution is -2.56. The highest BCUT2D eigenvalue weighted by atomic mass is 16.6. The number of Topliss-reactive ketones (excluding diaryl/α,β-unsaturated/α-hetero) is 1. The van der Waals surface area contributed by atoms with Crippen molar-refractivity contribution in [3.8, 4) is 0 Å². The highest BCUT2D eigenvalue weighted by Crippen LogP contribution is 2.59. The molecular formula is C23H33NO6. The molecular weight excluding hydrogens is 386 g/mol. The summed E-state index contributed by atoms with van der Waals surface area (Å²) >= 11 is 0. The van der Waals surface area contributed by atoms with E-state index in [1.165, 1.54) is 7.11 Å². The maximum Gasteiger partial charge on any atom is 0.335 e. The average molecular weight is 420 g/mol. The fraction of sp³-hybridized carbons (Fsp3) is 0.739. The van der Waals surface area contributed by atoms with E-state index in [0.29, 0.717) is 6.42 Å². The van der Waals surface area contributed by atoms with Gasteiger partial charge in [-0.2, -0.15) is 0 Å². The van der Waals surface area contributed by atoms with E-state index in [-0.39, 0.29) is 47.5 Å². The van der Waals surface area contributed by atoms with Crippen molar-refractivity contribution in [1.82, 2.24) is 0 Å². The second-order valence-corrected chi connectivity index (χ2v) is 9.50. The second-order valence-electron chi connectivity index (χ2n) is 9.50. The third-order valence-electron chi connectivity index (χ3n) is 7.78. The topological polar surface area (TPSA) is 108 Å². The molecule has 0 aromatic carbocycles. The van der Waals surface area contributed by atoms with E-state index in [2.05, 4.69) is 6.08 Å². The maximum absolute atomic E-state index is 13.4. The number of ketones is 1. The molecule has 0 aromatic rings. The molecule has 3 N–H and O–H groups in total. The summed E-state index contributed by atoms with van der Waals surface area (Å²) in [6.07, 6.45) is 3.79. The molecule has 4 bridgehead atoms. The molecule has 0 radical (unpaired) electrons. The van der Waals surface area contributed by atoms with Crippen LogP contribution in [0.1, 0.15) is 34.1 Å². The SMILES string of the molecule is CO[C@H]1C[C@H]2C=C[C@H]3[C@H]4O[C@]2(/C(C)=C/[C@@H](C)[C@@H]([C@@H](C)O)OC1=O)[C@@H]3C(=O)[C@@H](C)[C@@H]4N. The largest absolute Gasteiger partial charge is 0.457 e. The number of cyclic esters (lactones) is 1. The highest BCUT2D eigenvalue weighted by Gasteiger charge is 2.67. The van der Waals surface area contributed by atoms with E-state index in [1.54, 1.807) is 6.92 Å². The minimum atomic E-state index is -0.866. The fourth-order valence-corrected chi connectivity index (χ4v) is 6.17. The van der Waals surface area contributed by atoms with E-state index in [0.717, 1.165) is 5.57 Å². The van der Waals surface area contributed by atoms with E-state index in [1.807, 2.05) is 32.9 Å². The molecule has 4 rings (SSSR count). The Bertz CT molecular complexity index is 791. The normalized spacial score (nSPS) is 50.9. The monoisotopic (exact) mass is 419 g/mol. The molecule has 166 valence electrons. The van der Waals surface area contributed by atoms with Crippen LogP contribution < -0.4 is 5.73 Å². The number of hydrogen-bond donors (Lipinski definition) is 2. The van der Waals surface area contributed by atoms with Crippen LogP contribution in [-0.4, -0.2) is 60.0 Å². The van der Waals surface area contributed by atoms with Crippen molar-refractivity contribution in [2.24, 2.45) is 35.3 Å². The fourth-order valence-electron chi connectivity index (χ4n) is 6.17. The third kappa shape index (κ3) is 2.93. The van der Waals surface area contributed by atoms with Crippen molar-refractivity contribution >= 4 is 11.8 Å². The molecule has 7 heteroatoms. The summed E-state index contributed by atoms with van der Waals surface area (Å²) in [5, 5.41) is 10.3. The van der Waals surface area contributed by atoms with Gasteiger partial charge in [-0.15, -0.1) is 0 Å². The quantitative estimate of drug-likeness (QED) is 0.514. The van der Waals surface area contributed by atoms with Crippen LogP contribution in [-0.2, 0) is 23.8 Å². The van der Waals surface area contributed by atoms with E-state index in [4.69, 9.17) is 19.9 Å². The zero-order valence-corrected chi connectivity index (χ0v) is 18.3. The standard InChI is InChI=1S/C23H33NO6/c1-10-8-11(2)23-14(9-16(28-5)22(27)29-20(10)13(4)25)6-7-15-17(23)19(26)12(3)18(24)21(15)30-23/h6-8,10,12-18,20-21,25H,9,24H2,1-5H3/b11-8+/t10-,12+,13-,14-,15-,16+,17+,18+,20+,21-,23+/m1/s1. The van der Waals surface area contributed by atoms with Gasteiger partial charge in [-0.3, -0.25) is 4.79 Å². The predicted molar refractivity (Wildman–Crippen MR) is 109 cm³/mol. The van der Waals surface area contributed by atoms with Crippen LogP contribution in [0.2, 0.25) is 0 Å². The number of aliphatic hydroxyl groups is 1. The minimum absolute atomic E-state index is 0.0675. The Kier molecular flexibility index (Phi) is 5.46. The number of methoxy groups -OCH3 is 1. The van der Waals surface area contributed by atoms with Crippen molar-refractivity contribution in [2.75, 3.05) is 7.11 Å². The molecule has 4 aliphatic rings. The molecule has 0 amide bonds. The number of carbonyl (C=O) groups is 2. The van der Waals surface area contributed by atoms with Crippen LogP contribution in [0, 0.1) is 29.6 Å². The van der Waals surface area contributed by atoms with Gasteiger partial charge in [-0.1, -0.05) is 32.1 Å². The van der Waals surface area contributed by atoms with Crippen LogP contribution in [0.3, 0.4) is 0 Å². The van der Waals surface area contributed by atoms with Gasteiger partial charge in [0, 0.05) is 36.8 Å². The van der Waals surface area contributed by atoms with Gasteiger partial charge in [-0.25, -0.2) is 4.79 Å². The van der Waals surface area contributed by atoms with Gasteiger partial charge >= 0.3 is 5.97 Å². The summed E-state index contributed by atoms with van der Waals surface area (Å²) in [6.45, 7) is 7.37. The molecule has 2 aliphatic heterocycles. The third-order valence-corrected chi connectivity index (χ3v) is 7.78. The first-order chi connectivity index (χ1) is 14.1. The molecule has 2 heterocycles. The van der Waals surface area contributed by atoms with Crippen molar-refractivity contribution in [3.05, 3.63) is 23.8 Å². The smallest absolute Gasteiger partial charge is 0.335 e. The Hall–Kier alpha value is -1.54. The molecule has 2 aliphatic carbocycles. The molecule has 7 nitrogen and oxygen atoms in total. The molecule has 11 atom stereocenters. The van der Waals surface area contributed by atoms with Crippen molar-refractivity contribution in [2.45, 2.75) is 70.2 Å². The number of carbonyl (C=O) groups excluding carboxylic acids is 2. The number of ether oxygens (including phenoxy) is 3. The molecule has 1 saturated heterocycles. The van der Waals surface area contributed by atoms with Crippen molar-refractivity contribution < 1.29 is 28.9 Å². The first-order valence-electron chi connectivity index (χ1n) is 10.9. The van der Waals surface area contributed by atoms with Gasteiger partial charge in [0.1, 0.15) is 17.5 Å². The van der Waals surface area contributed by atoms with E-state index >= 15 is 0 Å². The molecule has 2 fully saturated rings. The number of esters is 1. The number of nitrogens with two attached hydrogens (primary N) is 1. The number of rotatable bonds is 2. The Morgan fingerprint density at radius 3 is 2.63 bits per heavy atom. The van der Waals surface area contributed by atoms with Crippen molar-refractivity contribution in [1.29, 1.82) is 0 Å². The van der Waals surface area contributed by atoms with Gasteiger partial charge in [-0.05, 0) is 25.8 Å². The lowest BCUT2D eigenvalue weighted by atomic mass is 9.58. The molecule has 0 unspecified atom stereocenters. The highest BCUT2D eigenvalue weighted by molar-refractivity contribution is 5.88. The minimum Gasteiger partial charge on any atom is -0.457 e. The number of hydrogen-bond acceptors (Lipinski definition) is 7.